The van der Waals surface area contributed by atoms with Crippen molar-refractivity contribution in [2.75, 3.05) is 13.1 Å². The van der Waals surface area contributed by atoms with E-state index in [2.05, 4.69) is 18.4 Å². The third-order valence-electron chi connectivity index (χ3n) is 3.73. The van der Waals surface area contributed by atoms with Gasteiger partial charge in [-0.15, -0.1) is 0 Å². The van der Waals surface area contributed by atoms with Gasteiger partial charge >= 0.3 is 0 Å². The first-order valence-corrected chi connectivity index (χ1v) is 5.69. The van der Waals surface area contributed by atoms with E-state index >= 15 is 0 Å². The van der Waals surface area contributed by atoms with Crippen LogP contribution in [0.3, 0.4) is 0 Å². The lowest BCUT2D eigenvalue weighted by Gasteiger charge is -2.32. The number of likely N-dealkylation sites (tertiary alicyclic amines) is 1. The standard InChI is InChI=1S/C12H21N/c1-10-8-12(9-11(10)2)13-6-4-3-5-7-13/h11-12H,1,3-9H2,2H3/t11-,12-/m1/s1. The highest BCUT2D eigenvalue weighted by Gasteiger charge is 2.29. The zero-order chi connectivity index (χ0) is 9.26. The van der Waals surface area contributed by atoms with Crippen molar-refractivity contribution in [1.29, 1.82) is 0 Å². The number of hydrogen-bond donors (Lipinski definition) is 0. The van der Waals surface area contributed by atoms with E-state index in [1.807, 2.05) is 0 Å². The molecule has 1 heterocycles. The Morgan fingerprint density at radius 2 is 1.92 bits per heavy atom. The Bertz CT molecular complexity index is 191. The highest BCUT2D eigenvalue weighted by Crippen LogP contribution is 2.33. The molecular weight excluding hydrogens is 158 g/mol. The van der Waals surface area contributed by atoms with Crippen LogP contribution in [0.15, 0.2) is 12.2 Å². The Hall–Kier alpha value is -0.300. The van der Waals surface area contributed by atoms with Crippen LogP contribution in [0, 0.1) is 5.92 Å². The van der Waals surface area contributed by atoms with Crippen LogP contribution in [0.4, 0.5) is 0 Å². The Morgan fingerprint density at radius 1 is 1.23 bits per heavy atom. The van der Waals surface area contributed by atoms with Crippen molar-refractivity contribution >= 4 is 0 Å². The zero-order valence-electron chi connectivity index (χ0n) is 8.76. The van der Waals surface area contributed by atoms with Crippen molar-refractivity contribution in [3.63, 3.8) is 0 Å². The van der Waals surface area contributed by atoms with E-state index in [9.17, 15) is 0 Å². The van der Waals surface area contributed by atoms with Crippen molar-refractivity contribution in [3.05, 3.63) is 12.2 Å². The molecule has 2 atom stereocenters. The summed E-state index contributed by atoms with van der Waals surface area (Å²) in [5.41, 5.74) is 1.48. The van der Waals surface area contributed by atoms with Crippen molar-refractivity contribution in [1.82, 2.24) is 4.90 Å². The van der Waals surface area contributed by atoms with Crippen molar-refractivity contribution in [3.8, 4) is 0 Å². The number of piperidine rings is 1. The molecule has 1 nitrogen and oxygen atoms in total. The van der Waals surface area contributed by atoms with Gasteiger partial charge in [-0.3, -0.25) is 0 Å². The molecule has 1 saturated heterocycles. The molecule has 2 fully saturated rings. The Kier molecular flexibility index (Phi) is 2.73. The summed E-state index contributed by atoms with van der Waals surface area (Å²) < 4.78 is 0. The fourth-order valence-corrected chi connectivity index (χ4v) is 2.72. The predicted molar refractivity (Wildman–Crippen MR) is 56.8 cm³/mol. The lowest BCUT2D eigenvalue weighted by Crippen LogP contribution is -2.37. The van der Waals surface area contributed by atoms with Crippen LogP contribution in [-0.4, -0.2) is 24.0 Å². The van der Waals surface area contributed by atoms with E-state index < -0.39 is 0 Å². The van der Waals surface area contributed by atoms with Gasteiger partial charge in [0, 0.05) is 6.04 Å². The molecule has 0 aromatic carbocycles. The van der Waals surface area contributed by atoms with Crippen molar-refractivity contribution in [2.24, 2.45) is 5.92 Å². The zero-order valence-corrected chi connectivity index (χ0v) is 8.76. The third kappa shape index (κ3) is 1.96. The second kappa shape index (κ2) is 3.83. The summed E-state index contributed by atoms with van der Waals surface area (Å²) in [4.78, 5) is 2.69. The van der Waals surface area contributed by atoms with Gasteiger partial charge in [0.05, 0.1) is 0 Å². The van der Waals surface area contributed by atoms with E-state index in [4.69, 9.17) is 0 Å². The predicted octanol–water partition coefficient (Wildman–Crippen LogP) is 2.83. The third-order valence-corrected chi connectivity index (χ3v) is 3.73. The molecule has 0 aromatic rings. The molecule has 2 aliphatic rings. The summed E-state index contributed by atoms with van der Waals surface area (Å²) in [7, 11) is 0. The summed E-state index contributed by atoms with van der Waals surface area (Å²) in [6.07, 6.45) is 6.90. The molecule has 0 unspecified atom stereocenters. The fourth-order valence-electron chi connectivity index (χ4n) is 2.72. The van der Waals surface area contributed by atoms with Crippen molar-refractivity contribution < 1.29 is 0 Å². The monoisotopic (exact) mass is 179 g/mol. The Morgan fingerprint density at radius 3 is 2.46 bits per heavy atom. The lowest BCUT2D eigenvalue weighted by molar-refractivity contribution is 0.164. The maximum atomic E-state index is 4.15. The number of nitrogens with zero attached hydrogens (tertiary/aromatic N) is 1. The van der Waals surface area contributed by atoms with Gasteiger partial charge in [0.25, 0.3) is 0 Å². The molecule has 2 rings (SSSR count). The molecule has 74 valence electrons. The van der Waals surface area contributed by atoms with Gasteiger partial charge in [0.2, 0.25) is 0 Å². The quantitative estimate of drug-likeness (QED) is 0.559. The summed E-state index contributed by atoms with van der Waals surface area (Å²) >= 11 is 0. The Balaban J connectivity index is 1.90. The minimum absolute atomic E-state index is 0.770. The minimum atomic E-state index is 0.770. The number of hydrogen-bond acceptors (Lipinski definition) is 1. The van der Waals surface area contributed by atoms with Crippen LogP contribution in [0.5, 0.6) is 0 Å². The summed E-state index contributed by atoms with van der Waals surface area (Å²) in [6, 6.07) is 0.836. The molecule has 1 heteroatoms. The molecule has 0 bridgehead atoms. The normalized spacial score (nSPS) is 36.8. The molecular formula is C12H21N. The summed E-state index contributed by atoms with van der Waals surface area (Å²) in [6.45, 7) is 9.16. The maximum Gasteiger partial charge on any atom is 0.0138 e. The first-order valence-electron chi connectivity index (χ1n) is 5.69. The van der Waals surface area contributed by atoms with Gasteiger partial charge in [0.1, 0.15) is 0 Å². The largest absolute Gasteiger partial charge is 0.300 e. The maximum absolute atomic E-state index is 4.15. The fraction of sp³-hybridized carbons (Fsp3) is 0.833. The summed E-state index contributed by atoms with van der Waals surface area (Å²) in [5, 5.41) is 0. The van der Waals surface area contributed by atoms with Crippen LogP contribution in [0.2, 0.25) is 0 Å². The molecule has 0 aromatic heterocycles. The van der Waals surface area contributed by atoms with Gasteiger partial charge in [-0.1, -0.05) is 25.5 Å². The van der Waals surface area contributed by atoms with Crippen LogP contribution in [0.1, 0.15) is 39.0 Å². The average Bonchev–Trinajstić information content (AvgIpc) is 2.49. The lowest BCUT2D eigenvalue weighted by atomic mass is 10.1. The van der Waals surface area contributed by atoms with Crippen LogP contribution < -0.4 is 0 Å². The molecule has 0 N–H and O–H groups in total. The van der Waals surface area contributed by atoms with Gasteiger partial charge in [-0.2, -0.15) is 0 Å². The Labute approximate surface area is 81.8 Å². The topological polar surface area (TPSA) is 3.24 Å². The molecule has 13 heavy (non-hydrogen) atoms. The molecule has 0 spiro atoms. The van der Waals surface area contributed by atoms with E-state index in [-0.39, 0.29) is 0 Å². The molecule has 0 radical (unpaired) electrons. The van der Waals surface area contributed by atoms with E-state index in [1.54, 1.807) is 0 Å². The molecule has 0 amide bonds. The van der Waals surface area contributed by atoms with Crippen molar-refractivity contribution in [2.45, 2.75) is 45.1 Å². The van der Waals surface area contributed by atoms with E-state index in [1.165, 1.54) is 50.8 Å². The van der Waals surface area contributed by atoms with E-state index in [0.29, 0.717) is 0 Å². The van der Waals surface area contributed by atoms with Crippen LogP contribution in [-0.2, 0) is 0 Å². The summed E-state index contributed by atoms with van der Waals surface area (Å²) in [5.74, 6) is 0.770. The van der Waals surface area contributed by atoms with Gasteiger partial charge in [-0.25, -0.2) is 0 Å². The second-order valence-electron chi connectivity index (χ2n) is 4.75. The SMILES string of the molecule is C=C1C[C@@H](N2CCCCC2)C[C@H]1C. The molecule has 1 aliphatic carbocycles. The van der Waals surface area contributed by atoms with Crippen LogP contribution in [0.25, 0.3) is 0 Å². The molecule has 1 saturated carbocycles. The molecule has 1 aliphatic heterocycles. The van der Waals surface area contributed by atoms with Gasteiger partial charge in [0.15, 0.2) is 0 Å². The highest BCUT2D eigenvalue weighted by atomic mass is 15.2. The second-order valence-corrected chi connectivity index (χ2v) is 4.75. The van der Waals surface area contributed by atoms with Gasteiger partial charge < -0.3 is 4.90 Å². The van der Waals surface area contributed by atoms with Crippen LogP contribution >= 0.6 is 0 Å². The first-order chi connectivity index (χ1) is 6.27. The highest BCUT2D eigenvalue weighted by molar-refractivity contribution is 5.09. The smallest absolute Gasteiger partial charge is 0.0138 e. The average molecular weight is 179 g/mol. The van der Waals surface area contributed by atoms with E-state index in [0.717, 1.165) is 12.0 Å². The number of rotatable bonds is 1. The first kappa shape index (κ1) is 9.26. The minimum Gasteiger partial charge on any atom is -0.300 e. The van der Waals surface area contributed by atoms with Gasteiger partial charge in [-0.05, 0) is 44.7 Å².